The third kappa shape index (κ3) is 5.71. The number of nitrogens with zero attached hydrogens (tertiary/aromatic N) is 2. The molecule has 0 radical (unpaired) electrons. The van der Waals surface area contributed by atoms with Crippen molar-refractivity contribution in [1.29, 1.82) is 5.26 Å². The van der Waals surface area contributed by atoms with E-state index >= 15 is 0 Å². The van der Waals surface area contributed by atoms with Gasteiger partial charge in [0.15, 0.2) is 18.1 Å². The van der Waals surface area contributed by atoms with Gasteiger partial charge in [0.1, 0.15) is 6.07 Å². The van der Waals surface area contributed by atoms with E-state index in [1.54, 1.807) is 7.11 Å². The molecule has 1 fully saturated rings. The molecular formula is C22H26BrN3O2. The van der Waals surface area contributed by atoms with Crippen molar-refractivity contribution in [3.63, 3.8) is 0 Å². The largest absolute Gasteiger partial charge is 0.493 e. The zero-order chi connectivity index (χ0) is 19.8. The molecule has 1 aliphatic rings. The third-order valence-corrected chi connectivity index (χ3v) is 5.59. The fourth-order valence-corrected chi connectivity index (χ4v) is 4.12. The van der Waals surface area contributed by atoms with Gasteiger partial charge in [0.25, 0.3) is 0 Å². The van der Waals surface area contributed by atoms with Gasteiger partial charge < -0.3 is 14.8 Å². The third-order valence-electron chi connectivity index (χ3n) is 5.00. The molecule has 6 heteroatoms. The number of ether oxygens (including phenoxy) is 2. The molecule has 3 rings (SSSR count). The van der Waals surface area contributed by atoms with Crippen molar-refractivity contribution in [2.24, 2.45) is 0 Å². The Bertz CT molecular complexity index is 799. The lowest BCUT2D eigenvalue weighted by Crippen LogP contribution is -2.41. The first-order valence-electron chi connectivity index (χ1n) is 9.55. The second-order valence-corrected chi connectivity index (χ2v) is 7.83. The Kier molecular flexibility index (Phi) is 7.72. The molecule has 1 saturated heterocycles. The molecule has 0 bridgehead atoms. The van der Waals surface area contributed by atoms with E-state index in [-0.39, 0.29) is 6.61 Å². The van der Waals surface area contributed by atoms with Crippen LogP contribution >= 0.6 is 15.9 Å². The highest BCUT2D eigenvalue weighted by atomic mass is 79.9. The number of halogens is 1. The number of rotatable bonds is 8. The summed E-state index contributed by atoms with van der Waals surface area (Å²) in [6.45, 7) is 4.02. The lowest BCUT2D eigenvalue weighted by atomic mass is 10.0. The van der Waals surface area contributed by atoms with Crippen molar-refractivity contribution in [2.75, 3.05) is 26.8 Å². The number of nitriles is 1. The van der Waals surface area contributed by atoms with Crippen LogP contribution in [0.5, 0.6) is 11.5 Å². The van der Waals surface area contributed by atoms with Crippen LogP contribution in [-0.2, 0) is 13.1 Å². The van der Waals surface area contributed by atoms with E-state index in [0.717, 1.165) is 49.1 Å². The minimum absolute atomic E-state index is 0.00584. The first kappa shape index (κ1) is 20.7. The van der Waals surface area contributed by atoms with Gasteiger partial charge in [0.05, 0.1) is 11.6 Å². The smallest absolute Gasteiger partial charge is 0.176 e. The standard InChI is InChI=1S/C22H26BrN3O2/c1-27-21-14-18(13-20(23)22(21)28-12-9-24)15-25-19-7-10-26(11-8-19)16-17-5-3-2-4-6-17/h2-6,13-14,19,25H,7-8,10-12,15-16H2,1H3. The Hall–Kier alpha value is -2.07. The molecule has 0 aromatic heterocycles. The number of piperidine rings is 1. The van der Waals surface area contributed by atoms with E-state index in [0.29, 0.717) is 17.5 Å². The van der Waals surface area contributed by atoms with Crippen LogP contribution in [0.4, 0.5) is 0 Å². The molecule has 0 saturated carbocycles. The number of methoxy groups -OCH3 is 1. The van der Waals surface area contributed by atoms with Gasteiger partial charge in [-0.05, 0) is 65.1 Å². The minimum Gasteiger partial charge on any atom is -0.493 e. The summed E-state index contributed by atoms with van der Waals surface area (Å²) in [7, 11) is 1.61. The summed E-state index contributed by atoms with van der Waals surface area (Å²) < 4.78 is 11.7. The van der Waals surface area contributed by atoms with Gasteiger partial charge in [-0.25, -0.2) is 0 Å². The maximum absolute atomic E-state index is 8.72. The normalized spacial score (nSPS) is 15.2. The first-order chi connectivity index (χ1) is 13.7. The van der Waals surface area contributed by atoms with Crippen LogP contribution in [0, 0.1) is 11.3 Å². The lowest BCUT2D eigenvalue weighted by Gasteiger charge is -2.32. The summed E-state index contributed by atoms with van der Waals surface area (Å²) in [5.41, 5.74) is 2.50. The van der Waals surface area contributed by atoms with Gasteiger partial charge >= 0.3 is 0 Å². The Morgan fingerprint density at radius 2 is 1.93 bits per heavy atom. The van der Waals surface area contributed by atoms with Crippen molar-refractivity contribution in [3.05, 3.63) is 58.1 Å². The monoisotopic (exact) mass is 443 g/mol. The number of hydrogen-bond acceptors (Lipinski definition) is 5. The van der Waals surface area contributed by atoms with E-state index < -0.39 is 0 Å². The average molecular weight is 444 g/mol. The second kappa shape index (κ2) is 10.5. The summed E-state index contributed by atoms with van der Waals surface area (Å²) in [6.07, 6.45) is 2.29. The summed E-state index contributed by atoms with van der Waals surface area (Å²) in [5, 5.41) is 12.4. The Labute approximate surface area is 175 Å². The molecule has 0 spiro atoms. The summed E-state index contributed by atoms with van der Waals surface area (Å²) in [4.78, 5) is 2.52. The van der Waals surface area contributed by atoms with E-state index in [1.165, 1.54) is 5.56 Å². The van der Waals surface area contributed by atoms with E-state index in [9.17, 15) is 0 Å². The minimum atomic E-state index is -0.00584. The van der Waals surface area contributed by atoms with E-state index in [1.807, 2.05) is 18.2 Å². The molecule has 0 unspecified atom stereocenters. The predicted octanol–water partition coefficient (Wildman–Crippen LogP) is 4.11. The molecule has 1 aliphatic heterocycles. The van der Waals surface area contributed by atoms with Crippen LogP contribution in [0.1, 0.15) is 24.0 Å². The van der Waals surface area contributed by atoms with Crippen molar-refractivity contribution in [3.8, 4) is 17.6 Å². The Morgan fingerprint density at radius 1 is 1.18 bits per heavy atom. The molecule has 0 atom stereocenters. The van der Waals surface area contributed by atoms with Gasteiger partial charge in [-0.1, -0.05) is 30.3 Å². The molecule has 0 aliphatic carbocycles. The number of likely N-dealkylation sites (tertiary alicyclic amines) is 1. The van der Waals surface area contributed by atoms with Gasteiger partial charge in [-0.15, -0.1) is 0 Å². The second-order valence-electron chi connectivity index (χ2n) is 6.97. The maximum atomic E-state index is 8.72. The van der Waals surface area contributed by atoms with Crippen LogP contribution in [0.3, 0.4) is 0 Å². The Balaban J connectivity index is 1.50. The molecule has 28 heavy (non-hydrogen) atoms. The molecule has 148 valence electrons. The highest BCUT2D eigenvalue weighted by Gasteiger charge is 2.19. The van der Waals surface area contributed by atoms with Crippen LogP contribution in [-0.4, -0.2) is 37.7 Å². The van der Waals surface area contributed by atoms with Gasteiger partial charge in [-0.2, -0.15) is 5.26 Å². The fraction of sp³-hybridized carbons (Fsp3) is 0.409. The molecule has 2 aromatic carbocycles. The lowest BCUT2D eigenvalue weighted by molar-refractivity contribution is 0.190. The van der Waals surface area contributed by atoms with E-state index in [2.05, 4.69) is 56.5 Å². The zero-order valence-electron chi connectivity index (χ0n) is 16.2. The summed E-state index contributed by atoms with van der Waals surface area (Å²) in [5.74, 6) is 1.21. The quantitative estimate of drug-likeness (QED) is 0.664. The SMILES string of the molecule is COc1cc(CNC2CCN(Cc3ccccc3)CC2)cc(Br)c1OCC#N. The van der Waals surface area contributed by atoms with Crippen molar-refractivity contribution in [1.82, 2.24) is 10.2 Å². The van der Waals surface area contributed by atoms with Crippen LogP contribution < -0.4 is 14.8 Å². The van der Waals surface area contributed by atoms with Crippen molar-refractivity contribution < 1.29 is 9.47 Å². The van der Waals surface area contributed by atoms with Crippen LogP contribution in [0.2, 0.25) is 0 Å². The van der Waals surface area contributed by atoms with Gasteiger partial charge in [0.2, 0.25) is 0 Å². The van der Waals surface area contributed by atoms with Gasteiger partial charge in [-0.3, -0.25) is 4.90 Å². The molecule has 0 amide bonds. The fourth-order valence-electron chi connectivity index (χ4n) is 3.52. The predicted molar refractivity (Wildman–Crippen MR) is 113 cm³/mol. The zero-order valence-corrected chi connectivity index (χ0v) is 17.7. The molecule has 2 aromatic rings. The molecule has 5 nitrogen and oxygen atoms in total. The first-order valence-corrected chi connectivity index (χ1v) is 10.3. The highest BCUT2D eigenvalue weighted by Crippen LogP contribution is 2.36. The number of benzene rings is 2. The molecular weight excluding hydrogens is 418 g/mol. The van der Waals surface area contributed by atoms with Crippen molar-refractivity contribution >= 4 is 15.9 Å². The summed E-state index contributed by atoms with van der Waals surface area (Å²) in [6, 6.07) is 17.1. The van der Waals surface area contributed by atoms with Crippen LogP contribution in [0.25, 0.3) is 0 Å². The van der Waals surface area contributed by atoms with Crippen molar-refractivity contribution in [2.45, 2.75) is 32.0 Å². The van der Waals surface area contributed by atoms with Crippen LogP contribution in [0.15, 0.2) is 46.9 Å². The Morgan fingerprint density at radius 3 is 2.61 bits per heavy atom. The van der Waals surface area contributed by atoms with E-state index in [4.69, 9.17) is 14.7 Å². The molecule has 1 N–H and O–H groups in total. The average Bonchev–Trinajstić information content (AvgIpc) is 2.73. The number of hydrogen-bond donors (Lipinski definition) is 1. The highest BCUT2D eigenvalue weighted by molar-refractivity contribution is 9.10. The summed E-state index contributed by atoms with van der Waals surface area (Å²) >= 11 is 3.53. The number of nitrogens with one attached hydrogen (secondary N) is 1. The van der Waals surface area contributed by atoms with Gasteiger partial charge in [0, 0.05) is 19.1 Å². The molecule has 1 heterocycles. The maximum Gasteiger partial charge on any atom is 0.176 e. The topological polar surface area (TPSA) is 57.5 Å².